The fourth-order valence-corrected chi connectivity index (χ4v) is 1.93. The lowest BCUT2D eigenvalue weighted by molar-refractivity contribution is 0.262. The van der Waals surface area contributed by atoms with Crippen LogP contribution in [0.1, 0.15) is 33.1 Å². The van der Waals surface area contributed by atoms with E-state index >= 15 is 0 Å². The van der Waals surface area contributed by atoms with Crippen molar-refractivity contribution in [3.63, 3.8) is 0 Å². The van der Waals surface area contributed by atoms with Gasteiger partial charge in [0.15, 0.2) is 0 Å². The van der Waals surface area contributed by atoms with E-state index in [-0.39, 0.29) is 0 Å². The first-order chi connectivity index (χ1) is 5.31. The molecule has 2 rings (SSSR count). The topological polar surface area (TPSA) is 3.24 Å². The smallest absolute Gasteiger partial charge is 0.00964 e. The molecule has 0 radical (unpaired) electrons. The Kier molecular flexibility index (Phi) is 1.92. The molecule has 2 unspecified atom stereocenters. The average Bonchev–Trinajstić information content (AvgIpc) is 2.81. The molecule has 0 aromatic heterocycles. The zero-order chi connectivity index (χ0) is 7.84. The second-order valence-electron chi connectivity index (χ2n) is 4.29. The number of hydrogen-bond donors (Lipinski definition) is 0. The summed E-state index contributed by atoms with van der Waals surface area (Å²) in [5, 5.41) is 0. The highest BCUT2D eigenvalue weighted by Crippen LogP contribution is 2.40. The first-order valence-electron chi connectivity index (χ1n) is 5.05. The molecule has 0 aliphatic heterocycles. The van der Waals surface area contributed by atoms with Crippen LogP contribution >= 0.6 is 0 Å². The summed E-state index contributed by atoms with van der Waals surface area (Å²) < 4.78 is 0. The molecule has 0 saturated heterocycles. The highest BCUT2D eigenvalue weighted by atomic mass is 15.2. The zero-order valence-electron chi connectivity index (χ0n) is 7.71. The maximum Gasteiger partial charge on any atom is 0.00964 e. The summed E-state index contributed by atoms with van der Waals surface area (Å²) in [7, 11) is 0. The SMILES string of the molecule is CCN(CC1CC1C)C1CC1. The molecule has 1 heteroatoms. The molecule has 2 aliphatic rings. The van der Waals surface area contributed by atoms with Crippen LogP contribution in [0.15, 0.2) is 0 Å². The van der Waals surface area contributed by atoms with Crippen LogP contribution in [0.5, 0.6) is 0 Å². The molecule has 0 aromatic rings. The molecule has 64 valence electrons. The van der Waals surface area contributed by atoms with E-state index in [4.69, 9.17) is 0 Å². The first-order valence-corrected chi connectivity index (χ1v) is 5.05. The molecule has 2 aliphatic carbocycles. The Labute approximate surface area is 69.8 Å². The van der Waals surface area contributed by atoms with Gasteiger partial charge in [-0.15, -0.1) is 0 Å². The van der Waals surface area contributed by atoms with Crippen molar-refractivity contribution >= 4 is 0 Å². The van der Waals surface area contributed by atoms with Crippen LogP contribution in [-0.4, -0.2) is 24.0 Å². The summed E-state index contributed by atoms with van der Waals surface area (Å²) >= 11 is 0. The minimum Gasteiger partial charge on any atom is -0.300 e. The summed E-state index contributed by atoms with van der Waals surface area (Å²) in [6.07, 6.45) is 4.42. The average molecular weight is 153 g/mol. The summed E-state index contributed by atoms with van der Waals surface area (Å²) in [6.45, 7) is 7.34. The van der Waals surface area contributed by atoms with E-state index in [1.165, 1.54) is 32.4 Å². The quantitative estimate of drug-likeness (QED) is 0.598. The maximum absolute atomic E-state index is 2.67. The molecule has 1 nitrogen and oxygen atoms in total. The number of rotatable bonds is 4. The second kappa shape index (κ2) is 2.78. The molecule has 0 N–H and O–H groups in total. The molecule has 2 atom stereocenters. The highest BCUT2D eigenvalue weighted by Gasteiger charge is 2.37. The van der Waals surface area contributed by atoms with Crippen molar-refractivity contribution in [3.05, 3.63) is 0 Å². The van der Waals surface area contributed by atoms with Gasteiger partial charge in [0, 0.05) is 12.6 Å². The Morgan fingerprint density at radius 1 is 1.36 bits per heavy atom. The monoisotopic (exact) mass is 153 g/mol. The summed E-state index contributed by atoms with van der Waals surface area (Å²) in [5.74, 6) is 2.08. The Morgan fingerprint density at radius 3 is 2.36 bits per heavy atom. The van der Waals surface area contributed by atoms with Gasteiger partial charge in [-0.1, -0.05) is 13.8 Å². The van der Waals surface area contributed by atoms with Gasteiger partial charge in [-0.25, -0.2) is 0 Å². The van der Waals surface area contributed by atoms with Crippen molar-refractivity contribution in [2.75, 3.05) is 13.1 Å². The van der Waals surface area contributed by atoms with Crippen LogP contribution < -0.4 is 0 Å². The predicted octanol–water partition coefficient (Wildman–Crippen LogP) is 2.13. The second-order valence-corrected chi connectivity index (χ2v) is 4.29. The van der Waals surface area contributed by atoms with Crippen molar-refractivity contribution in [2.24, 2.45) is 11.8 Å². The number of hydrogen-bond acceptors (Lipinski definition) is 1. The summed E-state index contributed by atoms with van der Waals surface area (Å²) in [6, 6.07) is 0.979. The van der Waals surface area contributed by atoms with Gasteiger partial charge in [-0.05, 0) is 37.6 Å². The number of nitrogens with zero attached hydrogens (tertiary/aromatic N) is 1. The molecule has 0 bridgehead atoms. The van der Waals surface area contributed by atoms with Crippen LogP contribution in [0.2, 0.25) is 0 Å². The van der Waals surface area contributed by atoms with Gasteiger partial charge >= 0.3 is 0 Å². The molecule has 2 fully saturated rings. The van der Waals surface area contributed by atoms with Gasteiger partial charge in [0.1, 0.15) is 0 Å². The first kappa shape index (κ1) is 7.60. The van der Waals surface area contributed by atoms with Gasteiger partial charge in [0.25, 0.3) is 0 Å². The molecule has 11 heavy (non-hydrogen) atoms. The zero-order valence-corrected chi connectivity index (χ0v) is 7.71. The Balaban J connectivity index is 1.73. The Morgan fingerprint density at radius 2 is 2.00 bits per heavy atom. The van der Waals surface area contributed by atoms with E-state index in [0.717, 1.165) is 17.9 Å². The van der Waals surface area contributed by atoms with E-state index in [0.29, 0.717) is 0 Å². The van der Waals surface area contributed by atoms with Crippen molar-refractivity contribution < 1.29 is 0 Å². The van der Waals surface area contributed by atoms with Crippen LogP contribution in [0, 0.1) is 11.8 Å². The Hall–Kier alpha value is -0.0400. The van der Waals surface area contributed by atoms with Crippen LogP contribution in [0.4, 0.5) is 0 Å². The summed E-state index contributed by atoms with van der Waals surface area (Å²) in [5.41, 5.74) is 0. The molecule has 2 saturated carbocycles. The lowest BCUT2D eigenvalue weighted by Gasteiger charge is -2.19. The van der Waals surface area contributed by atoms with E-state index in [1.807, 2.05) is 0 Å². The van der Waals surface area contributed by atoms with E-state index in [1.54, 1.807) is 0 Å². The third-order valence-corrected chi connectivity index (χ3v) is 3.21. The fourth-order valence-electron chi connectivity index (χ4n) is 1.93. The standard InChI is InChI=1S/C10H19N/c1-3-11(10-4-5-10)7-9-6-8(9)2/h8-10H,3-7H2,1-2H3. The van der Waals surface area contributed by atoms with Crippen molar-refractivity contribution in [3.8, 4) is 0 Å². The van der Waals surface area contributed by atoms with Crippen LogP contribution in [0.25, 0.3) is 0 Å². The lowest BCUT2D eigenvalue weighted by Crippen LogP contribution is -2.28. The molecule has 0 spiro atoms. The van der Waals surface area contributed by atoms with Gasteiger partial charge in [-0.2, -0.15) is 0 Å². The van der Waals surface area contributed by atoms with E-state index < -0.39 is 0 Å². The van der Waals surface area contributed by atoms with Crippen molar-refractivity contribution in [1.29, 1.82) is 0 Å². The fraction of sp³-hybridized carbons (Fsp3) is 1.00. The maximum atomic E-state index is 2.67. The van der Waals surface area contributed by atoms with Gasteiger partial charge in [0.05, 0.1) is 0 Å². The van der Waals surface area contributed by atoms with E-state index in [2.05, 4.69) is 18.7 Å². The van der Waals surface area contributed by atoms with Gasteiger partial charge in [0.2, 0.25) is 0 Å². The third kappa shape index (κ3) is 1.76. The van der Waals surface area contributed by atoms with Gasteiger partial charge < -0.3 is 4.90 Å². The Bertz CT molecular complexity index is 140. The van der Waals surface area contributed by atoms with Crippen LogP contribution in [-0.2, 0) is 0 Å². The van der Waals surface area contributed by atoms with Crippen LogP contribution in [0.3, 0.4) is 0 Å². The van der Waals surface area contributed by atoms with E-state index in [9.17, 15) is 0 Å². The highest BCUT2D eigenvalue weighted by molar-refractivity contribution is 4.90. The van der Waals surface area contributed by atoms with Crippen molar-refractivity contribution in [2.45, 2.75) is 39.2 Å². The lowest BCUT2D eigenvalue weighted by atomic mass is 10.3. The largest absolute Gasteiger partial charge is 0.300 e. The summed E-state index contributed by atoms with van der Waals surface area (Å²) in [4.78, 5) is 2.67. The molecule has 0 heterocycles. The van der Waals surface area contributed by atoms with Crippen molar-refractivity contribution in [1.82, 2.24) is 4.90 Å². The predicted molar refractivity (Wildman–Crippen MR) is 47.5 cm³/mol. The minimum absolute atomic E-state index is 0.979. The molecule has 0 aromatic carbocycles. The molecular formula is C10H19N. The van der Waals surface area contributed by atoms with Gasteiger partial charge in [-0.3, -0.25) is 0 Å². The minimum atomic E-state index is 0.979. The molecular weight excluding hydrogens is 134 g/mol. The normalized spacial score (nSPS) is 36.3. The third-order valence-electron chi connectivity index (χ3n) is 3.21. The molecule has 0 amide bonds.